The maximum atomic E-state index is 13.6. The summed E-state index contributed by atoms with van der Waals surface area (Å²) in [4.78, 5) is 4.26. The number of rotatable bonds is 0. The molecule has 1 aliphatic rings. The van der Waals surface area contributed by atoms with Crippen molar-refractivity contribution in [3.8, 4) is 17.1 Å². The Bertz CT molecular complexity index is 857. The van der Waals surface area contributed by atoms with Gasteiger partial charge in [-0.1, -0.05) is 6.07 Å². The molecule has 5 heteroatoms. The van der Waals surface area contributed by atoms with E-state index >= 15 is 0 Å². The molecule has 3 aromatic rings. The average molecular weight is 284 g/mol. The highest BCUT2D eigenvalue weighted by atomic mass is 19.1. The molecule has 1 unspecified atom stereocenters. The SMILES string of the molecule is OC1c2cc(F)ccc2-c2nccn2-c2cc(F)ccc21. The molecule has 0 amide bonds. The zero-order valence-electron chi connectivity index (χ0n) is 10.8. The van der Waals surface area contributed by atoms with Gasteiger partial charge in [-0.25, -0.2) is 13.8 Å². The Morgan fingerprint density at radius 3 is 2.62 bits per heavy atom. The summed E-state index contributed by atoms with van der Waals surface area (Å²) in [6.07, 6.45) is 2.25. The van der Waals surface area contributed by atoms with Crippen LogP contribution in [0.2, 0.25) is 0 Å². The van der Waals surface area contributed by atoms with Crippen molar-refractivity contribution in [1.82, 2.24) is 9.55 Å². The number of hydrogen-bond donors (Lipinski definition) is 1. The van der Waals surface area contributed by atoms with Gasteiger partial charge in [0.2, 0.25) is 0 Å². The molecule has 21 heavy (non-hydrogen) atoms. The number of fused-ring (bicyclic) bond motifs is 5. The van der Waals surface area contributed by atoms with E-state index in [1.165, 1.54) is 30.3 Å². The molecule has 0 bridgehead atoms. The van der Waals surface area contributed by atoms with E-state index in [0.717, 1.165) is 0 Å². The predicted octanol–water partition coefficient (Wildman–Crippen LogP) is 3.21. The lowest BCUT2D eigenvalue weighted by atomic mass is 9.97. The van der Waals surface area contributed by atoms with Crippen molar-refractivity contribution >= 4 is 0 Å². The standard InChI is InChI=1S/C16H10F2N2O/c17-9-1-3-11-13(7-9)15(21)12-4-2-10(18)8-14(12)20-6-5-19-16(11)20/h1-8,15,21H. The number of nitrogens with zero attached hydrogens (tertiary/aromatic N) is 2. The van der Waals surface area contributed by atoms with Crippen molar-refractivity contribution in [3.63, 3.8) is 0 Å². The first-order valence-corrected chi connectivity index (χ1v) is 6.46. The predicted molar refractivity (Wildman–Crippen MR) is 73.0 cm³/mol. The first-order chi connectivity index (χ1) is 10.1. The third-order valence-corrected chi connectivity index (χ3v) is 3.74. The fourth-order valence-corrected chi connectivity index (χ4v) is 2.78. The van der Waals surface area contributed by atoms with Crippen LogP contribution in [0.4, 0.5) is 8.78 Å². The van der Waals surface area contributed by atoms with Gasteiger partial charge in [-0.15, -0.1) is 0 Å². The molecule has 2 heterocycles. The lowest BCUT2D eigenvalue weighted by Gasteiger charge is -2.14. The number of aliphatic hydroxyl groups excluding tert-OH is 1. The van der Waals surface area contributed by atoms with Crippen molar-refractivity contribution in [2.45, 2.75) is 6.10 Å². The largest absolute Gasteiger partial charge is 0.384 e. The minimum Gasteiger partial charge on any atom is -0.384 e. The summed E-state index contributed by atoms with van der Waals surface area (Å²) < 4.78 is 28.8. The number of imidazole rings is 1. The smallest absolute Gasteiger partial charge is 0.144 e. The summed E-state index contributed by atoms with van der Waals surface area (Å²) >= 11 is 0. The number of halogens is 2. The Hall–Kier alpha value is -2.53. The maximum absolute atomic E-state index is 13.6. The highest BCUT2D eigenvalue weighted by Gasteiger charge is 2.26. The van der Waals surface area contributed by atoms with Gasteiger partial charge in [0.1, 0.15) is 23.6 Å². The van der Waals surface area contributed by atoms with Gasteiger partial charge in [0.25, 0.3) is 0 Å². The van der Waals surface area contributed by atoms with E-state index in [1.54, 1.807) is 23.0 Å². The van der Waals surface area contributed by atoms with Crippen LogP contribution < -0.4 is 0 Å². The molecule has 0 fully saturated rings. The van der Waals surface area contributed by atoms with Crippen LogP contribution in [-0.4, -0.2) is 14.7 Å². The average Bonchev–Trinajstić information content (AvgIpc) is 2.92. The lowest BCUT2D eigenvalue weighted by molar-refractivity contribution is 0.220. The number of benzene rings is 2. The summed E-state index contributed by atoms with van der Waals surface area (Å²) in [5.41, 5.74) is 2.07. The normalized spacial score (nSPS) is 15.9. The molecule has 4 rings (SSSR count). The monoisotopic (exact) mass is 284 g/mol. The van der Waals surface area contributed by atoms with Gasteiger partial charge in [-0.3, -0.25) is 4.57 Å². The summed E-state index contributed by atoms with van der Waals surface area (Å²) in [6, 6.07) is 8.32. The van der Waals surface area contributed by atoms with Crippen LogP contribution in [-0.2, 0) is 0 Å². The summed E-state index contributed by atoms with van der Waals surface area (Å²) in [5.74, 6) is -0.289. The van der Waals surface area contributed by atoms with Gasteiger partial charge in [-0.05, 0) is 35.9 Å². The summed E-state index contributed by atoms with van der Waals surface area (Å²) in [5, 5.41) is 10.6. The van der Waals surface area contributed by atoms with E-state index in [-0.39, 0.29) is 0 Å². The molecule has 1 atom stereocenters. The molecule has 104 valence electrons. The van der Waals surface area contributed by atoms with Crippen molar-refractivity contribution < 1.29 is 13.9 Å². The molecule has 2 aromatic carbocycles. The second-order valence-corrected chi connectivity index (χ2v) is 4.96. The van der Waals surface area contributed by atoms with Crippen LogP contribution in [0.5, 0.6) is 0 Å². The van der Waals surface area contributed by atoms with E-state index in [0.29, 0.717) is 28.2 Å². The second kappa shape index (κ2) is 4.23. The van der Waals surface area contributed by atoms with Crippen molar-refractivity contribution in [2.24, 2.45) is 0 Å². The summed E-state index contributed by atoms with van der Waals surface area (Å²) in [6.45, 7) is 0. The Kier molecular flexibility index (Phi) is 2.46. The molecule has 0 saturated carbocycles. The minimum atomic E-state index is -1.03. The van der Waals surface area contributed by atoms with Gasteiger partial charge in [-0.2, -0.15) is 0 Å². The molecular formula is C16H10F2N2O. The molecule has 1 N–H and O–H groups in total. The van der Waals surface area contributed by atoms with E-state index in [9.17, 15) is 13.9 Å². The quantitative estimate of drug-likeness (QED) is 0.688. The molecule has 0 aliphatic carbocycles. The first kappa shape index (κ1) is 12.2. The fraction of sp³-hybridized carbons (Fsp3) is 0.0625. The van der Waals surface area contributed by atoms with Crippen molar-refractivity contribution in [1.29, 1.82) is 0 Å². The molecule has 0 radical (unpaired) electrons. The van der Waals surface area contributed by atoms with Crippen molar-refractivity contribution in [2.75, 3.05) is 0 Å². The number of aliphatic hydroxyl groups is 1. The number of aromatic nitrogens is 2. The summed E-state index contributed by atoms with van der Waals surface area (Å²) in [7, 11) is 0. The van der Waals surface area contributed by atoms with Crippen LogP contribution in [0.25, 0.3) is 17.1 Å². The molecule has 0 spiro atoms. The molecular weight excluding hydrogens is 274 g/mol. The Morgan fingerprint density at radius 2 is 1.76 bits per heavy atom. The minimum absolute atomic E-state index is 0.405. The van der Waals surface area contributed by atoms with E-state index < -0.39 is 17.7 Å². The fourth-order valence-electron chi connectivity index (χ4n) is 2.78. The topological polar surface area (TPSA) is 38.1 Å². The van der Waals surface area contributed by atoms with Gasteiger partial charge in [0, 0.05) is 23.5 Å². The highest BCUT2D eigenvalue weighted by Crippen LogP contribution is 2.39. The molecule has 3 nitrogen and oxygen atoms in total. The lowest BCUT2D eigenvalue weighted by Crippen LogP contribution is -2.03. The molecule has 0 saturated heterocycles. The van der Waals surface area contributed by atoms with E-state index in [4.69, 9.17) is 0 Å². The van der Waals surface area contributed by atoms with Gasteiger partial charge >= 0.3 is 0 Å². The second-order valence-electron chi connectivity index (χ2n) is 4.96. The Labute approximate surface area is 119 Å². The molecule has 1 aliphatic heterocycles. The molecule has 1 aromatic heterocycles. The van der Waals surface area contributed by atoms with E-state index in [1.807, 2.05) is 0 Å². The van der Waals surface area contributed by atoms with Crippen LogP contribution in [0, 0.1) is 11.6 Å². The van der Waals surface area contributed by atoms with Gasteiger partial charge in [0.05, 0.1) is 5.69 Å². The van der Waals surface area contributed by atoms with Crippen LogP contribution in [0.1, 0.15) is 17.2 Å². The first-order valence-electron chi connectivity index (χ1n) is 6.46. The zero-order chi connectivity index (χ0) is 14.6. The highest BCUT2D eigenvalue weighted by molar-refractivity contribution is 5.68. The van der Waals surface area contributed by atoms with Crippen molar-refractivity contribution in [3.05, 3.63) is 71.6 Å². The Balaban J connectivity index is 2.13. The van der Waals surface area contributed by atoms with Crippen LogP contribution in [0.15, 0.2) is 48.8 Å². The van der Waals surface area contributed by atoms with Crippen LogP contribution in [0.3, 0.4) is 0 Å². The van der Waals surface area contributed by atoms with Gasteiger partial charge < -0.3 is 5.11 Å². The number of hydrogen-bond acceptors (Lipinski definition) is 2. The maximum Gasteiger partial charge on any atom is 0.144 e. The third kappa shape index (κ3) is 1.71. The third-order valence-electron chi connectivity index (χ3n) is 3.74. The zero-order valence-corrected chi connectivity index (χ0v) is 10.8. The van der Waals surface area contributed by atoms with Crippen LogP contribution >= 0.6 is 0 Å². The van der Waals surface area contributed by atoms with E-state index in [2.05, 4.69) is 4.98 Å². The van der Waals surface area contributed by atoms with Gasteiger partial charge in [0.15, 0.2) is 0 Å². The Morgan fingerprint density at radius 1 is 1.00 bits per heavy atom.